The third-order valence-electron chi connectivity index (χ3n) is 1.23. The predicted octanol–water partition coefficient (Wildman–Crippen LogP) is 2.64. The molecule has 0 aromatic heterocycles. The molecule has 1 radical (unpaired) electrons. The molecule has 1 nitrogen and oxygen atoms in total. The predicted molar refractivity (Wildman–Crippen MR) is 48.0 cm³/mol. The summed E-state index contributed by atoms with van der Waals surface area (Å²) in [5.41, 5.74) is 1.05. The van der Waals surface area contributed by atoms with E-state index in [4.69, 9.17) is 0 Å². The van der Waals surface area contributed by atoms with Crippen molar-refractivity contribution >= 4 is 6.29 Å². The summed E-state index contributed by atoms with van der Waals surface area (Å²) in [5.74, 6) is 0.569. The highest BCUT2D eigenvalue weighted by molar-refractivity contribution is 5.55. The second kappa shape index (κ2) is 5.90. The Kier molecular flexibility index (Phi) is 5.44. The van der Waals surface area contributed by atoms with Gasteiger partial charge in [0.15, 0.2) is 0 Å². The van der Waals surface area contributed by atoms with Crippen molar-refractivity contribution in [3.05, 3.63) is 23.8 Å². The van der Waals surface area contributed by atoms with Crippen molar-refractivity contribution in [3.8, 4) is 0 Å². The molecule has 0 saturated carbocycles. The molecule has 0 aromatic rings. The first kappa shape index (κ1) is 10.2. The fourth-order valence-electron chi connectivity index (χ4n) is 0.615. The second-order valence-corrected chi connectivity index (χ2v) is 2.96. The Labute approximate surface area is 68.8 Å². The Morgan fingerprint density at radius 3 is 2.64 bits per heavy atom. The van der Waals surface area contributed by atoms with Crippen LogP contribution in [0, 0.1) is 5.92 Å². The van der Waals surface area contributed by atoms with Crippen LogP contribution in [0.25, 0.3) is 0 Å². The topological polar surface area (TPSA) is 17.1 Å². The minimum absolute atomic E-state index is 0.419. The average Bonchev–Trinajstić information content (AvgIpc) is 1.87. The van der Waals surface area contributed by atoms with E-state index >= 15 is 0 Å². The maximum absolute atomic E-state index is 9.92. The van der Waals surface area contributed by atoms with Crippen LogP contribution in [-0.4, -0.2) is 6.29 Å². The Hall–Kier alpha value is -0.850. The van der Waals surface area contributed by atoms with Crippen LogP contribution in [0.2, 0.25) is 0 Å². The molecular formula is C10H15O. The van der Waals surface area contributed by atoms with Crippen LogP contribution in [0.1, 0.15) is 27.2 Å². The molecule has 0 rings (SSSR count). The molecule has 0 bridgehead atoms. The highest BCUT2D eigenvalue weighted by Crippen LogP contribution is 1.99. The fourth-order valence-corrected chi connectivity index (χ4v) is 0.615. The van der Waals surface area contributed by atoms with E-state index in [1.54, 1.807) is 0 Å². The molecule has 0 atom stereocenters. The quantitative estimate of drug-likeness (QED) is 0.564. The molecule has 0 aliphatic rings. The second-order valence-electron chi connectivity index (χ2n) is 2.96. The summed E-state index contributed by atoms with van der Waals surface area (Å²) in [4.78, 5) is 9.92. The summed E-state index contributed by atoms with van der Waals surface area (Å²) in [7, 11) is 0. The average molecular weight is 151 g/mol. The summed E-state index contributed by atoms with van der Waals surface area (Å²) in [6.07, 6.45) is 8.30. The molecule has 0 spiro atoms. The van der Waals surface area contributed by atoms with Gasteiger partial charge in [0, 0.05) is 6.42 Å². The van der Waals surface area contributed by atoms with Crippen LogP contribution in [0.15, 0.2) is 23.8 Å². The molecule has 0 amide bonds. The number of rotatable bonds is 4. The van der Waals surface area contributed by atoms with Crippen LogP contribution in [0.3, 0.4) is 0 Å². The Morgan fingerprint density at radius 1 is 1.55 bits per heavy atom. The van der Waals surface area contributed by atoms with Gasteiger partial charge >= 0.3 is 0 Å². The largest absolute Gasteiger partial charge is 0.291 e. The molecule has 11 heavy (non-hydrogen) atoms. The van der Waals surface area contributed by atoms with Crippen molar-refractivity contribution in [2.24, 2.45) is 5.92 Å². The van der Waals surface area contributed by atoms with E-state index < -0.39 is 0 Å². The summed E-state index contributed by atoms with van der Waals surface area (Å²) in [6, 6.07) is 0. The summed E-state index contributed by atoms with van der Waals surface area (Å²) < 4.78 is 0. The maximum atomic E-state index is 9.92. The minimum Gasteiger partial charge on any atom is -0.291 e. The smallest absolute Gasteiger partial charge is 0.202 e. The molecule has 0 N–H and O–H groups in total. The van der Waals surface area contributed by atoms with Gasteiger partial charge in [-0.25, -0.2) is 0 Å². The van der Waals surface area contributed by atoms with Crippen LogP contribution in [-0.2, 0) is 4.79 Å². The fraction of sp³-hybridized carbons (Fsp3) is 0.500. The zero-order valence-corrected chi connectivity index (χ0v) is 7.42. The molecule has 0 saturated heterocycles. The van der Waals surface area contributed by atoms with Crippen LogP contribution < -0.4 is 0 Å². The zero-order chi connectivity index (χ0) is 8.69. The van der Waals surface area contributed by atoms with E-state index in [0.717, 1.165) is 5.57 Å². The number of hydrogen-bond donors (Lipinski definition) is 0. The normalized spacial score (nSPS) is 12.9. The van der Waals surface area contributed by atoms with Crippen molar-refractivity contribution in [2.75, 3.05) is 0 Å². The zero-order valence-electron chi connectivity index (χ0n) is 7.42. The molecule has 1 heteroatoms. The van der Waals surface area contributed by atoms with E-state index in [0.29, 0.717) is 12.3 Å². The van der Waals surface area contributed by atoms with Crippen LogP contribution in [0.4, 0.5) is 0 Å². The maximum Gasteiger partial charge on any atom is 0.202 e. The Morgan fingerprint density at radius 2 is 2.18 bits per heavy atom. The van der Waals surface area contributed by atoms with Gasteiger partial charge in [-0.05, 0) is 12.8 Å². The highest BCUT2D eigenvalue weighted by atomic mass is 16.1. The lowest BCUT2D eigenvalue weighted by Crippen LogP contribution is -1.78. The van der Waals surface area contributed by atoms with Gasteiger partial charge in [-0.1, -0.05) is 37.6 Å². The van der Waals surface area contributed by atoms with E-state index in [2.05, 4.69) is 19.9 Å². The molecule has 61 valence electrons. The molecule has 0 aliphatic heterocycles. The van der Waals surface area contributed by atoms with Gasteiger partial charge in [-0.15, -0.1) is 0 Å². The van der Waals surface area contributed by atoms with Crippen molar-refractivity contribution in [3.63, 3.8) is 0 Å². The van der Waals surface area contributed by atoms with E-state index in [9.17, 15) is 4.79 Å². The number of hydrogen-bond acceptors (Lipinski definition) is 1. The molecular weight excluding hydrogens is 136 g/mol. The number of allylic oxidation sites excluding steroid dienone is 4. The molecule has 0 unspecified atom stereocenters. The Balaban J connectivity index is 3.80. The molecule has 0 aromatic carbocycles. The SMILES string of the molecule is CC(=CC=CC(C)C)C[C]=O. The number of carbonyl (C=O) groups excluding carboxylic acids is 1. The van der Waals surface area contributed by atoms with Gasteiger partial charge in [0.1, 0.15) is 0 Å². The minimum atomic E-state index is 0.419. The van der Waals surface area contributed by atoms with Crippen LogP contribution >= 0.6 is 0 Å². The van der Waals surface area contributed by atoms with Crippen molar-refractivity contribution in [1.29, 1.82) is 0 Å². The summed E-state index contributed by atoms with van der Waals surface area (Å²) >= 11 is 0. The standard InChI is InChI=1S/C10H15O/c1-9(2)5-4-6-10(3)7-8-11/h4-6,9H,7H2,1-3H3. The van der Waals surface area contributed by atoms with Gasteiger partial charge in [-0.2, -0.15) is 0 Å². The molecule has 0 fully saturated rings. The highest BCUT2D eigenvalue weighted by Gasteiger charge is 1.85. The van der Waals surface area contributed by atoms with Crippen molar-refractivity contribution in [2.45, 2.75) is 27.2 Å². The summed E-state index contributed by atoms with van der Waals surface area (Å²) in [5, 5.41) is 0. The lowest BCUT2D eigenvalue weighted by Gasteiger charge is -1.91. The van der Waals surface area contributed by atoms with Gasteiger partial charge in [-0.3, -0.25) is 4.79 Å². The van der Waals surface area contributed by atoms with Gasteiger partial charge in [0.2, 0.25) is 6.29 Å². The van der Waals surface area contributed by atoms with E-state index in [1.165, 1.54) is 0 Å². The third-order valence-corrected chi connectivity index (χ3v) is 1.23. The van der Waals surface area contributed by atoms with E-state index in [1.807, 2.05) is 25.4 Å². The van der Waals surface area contributed by atoms with E-state index in [-0.39, 0.29) is 0 Å². The first-order chi connectivity index (χ1) is 5.16. The molecule has 0 heterocycles. The van der Waals surface area contributed by atoms with Crippen molar-refractivity contribution in [1.82, 2.24) is 0 Å². The first-order valence-electron chi connectivity index (χ1n) is 3.85. The molecule has 0 aliphatic carbocycles. The Bertz CT molecular complexity index is 164. The van der Waals surface area contributed by atoms with Crippen LogP contribution in [0.5, 0.6) is 0 Å². The van der Waals surface area contributed by atoms with Crippen molar-refractivity contribution < 1.29 is 4.79 Å². The van der Waals surface area contributed by atoms with Gasteiger partial charge in [0.05, 0.1) is 0 Å². The first-order valence-corrected chi connectivity index (χ1v) is 3.85. The third kappa shape index (κ3) is 7.04. The van der Waals surface area contributed by atoms with Gasteiger partial charge < -0.3 is 0 Å². The summed E-state index contributed by atoms with van der Waals surface area (Å²) in [6.45, 7) is 6.16. The lowest BCUT2D eigenvalue weighted by molar-refractivity contribution is 0.555. The lowest BCUT2D eigenvalue weighted by atomic mass is 10.1. The van der Waals surface area contributed by atoms with Gasteiger partial charge in [0.25, 0.3) is 0 Å². The monoisotopic (exact) mass is 151 g/mol.